The molecule has 0 fully saturated rings. The van der Waals surface area contributed by atoms with Crippen LogP contribution in [0.5, 0.6) is 0 Å². The molecule has 2 rings (SSSR count). The van der Waals surface area contributed by atoms with Gasteiger partial charge in [0.05, 0.1) is 20.9 Å². The van der Waals surface area contributed by atoms with Gasteiger partial charge >= 0.3 is 0 Å². The van der Waals surface area contributed by atoms with E-state index >= 15 is 0 Å². The fourth-order valence-electron chi connectivity index (χ4n) is 1.91. The minimum Gasteiger partial charge on any atom is -0.324 e. The minimum absolute atomic E-state index is 0.174. The van der Waals surface area contributed by atoms with Gasteiger partial charge < -0.3 is 5.73 Å². The first-order valence-electron chi connectivity index (χ1n) is 5.53. The molecule has 0 amide bonds. The Hall–Kier alpha value is -0.910. The SMILES string of the molecule is Cc1nn(C)c(CC(N)c2ccncc2Cl)c1Br. The number of pyridine rings is 1. The van der Waals surface area contributed by atoms with Crippen LogP contribution in [0.2, 0.25) is 5.02 Å². The molecular weight excluding hydrogens is 316 g/mol. The summed E-state index contributed by atoms with van der Waals surface area (Å²) in [6.45, 7) is 1.96. The Morgan fingerprint density at radius 2 is 2.28 bits per heavy atom. The maximum absolute atomic E-state index is 6.20. The van der Waals surface area contributed by atoms with E-state index in [1.807, 2.05) is 24.7 Å². The molecule has 0 bridgehead atoms. The van der Waals surface area contributed by atoms with E-state index in [9.17, 15) is 0 Å². The van der Waals surface area contributed by atoms with Crippen molar-refractivity contribution < 1.29 is 0 Å². The highest BCUT2D eigenvalue weighted by molar-refractivity contribution is 9.10. The van der Waals surface area contributed by atoms with Crippen molar-refractivity contribution in [1.29, 1.82) is 0 Å². The first-order chi connectivity index (χ1) is 8.50. The number of nitrogens with two attached hydrogens (primary N) is 1. The third-order valence-corrected chi connectivity index (χ3v) is 4.23. The Bertz CT molecular complexity index is 567. The number of nitrogens with zero attached hydrogens (tertiary/aromatic N) is 3. The fourth-order valence-corrected chi connectivity index (χ4v) is 2.66. The Morgan fingerprint density at radius 1 is 1.56 bits per heavy atom. The molecule has 6 heteroatoms. The summed E-state index contributed by atoms with van der Waals surface area (Å²) >= 11 is 9.63. The van der Waals surface area contributed by atoms with Crippen molar-refractivity contribution in [2.24, 2.45) is 12.8 Å². The summed E-state index contributed by atoms with van der Waals surface area (Å²) in [5.41, 5.74) is 9.12. The van der Waals surface area contributed by atoms with Crippen molar-refractivity contribution in [3.05, 3.63) is 44.9 Å². The van der Waals surface area contributed by atoms with Gasteiger partial charge in [-0.25, -0.2) is 0 Å². The molecule has 18 heavy (non-hydrogen) atoms. The summed E-state index contributed by atoms with van der Waals surface area (Å²) in [5.74, 6) is 0. The van der Waals surface area contributed by atoms with Crippen LogP contribution in [0.1, 0.15) is 23.0 Å². The number of hydrogen-bond acceptors (Lipinski definition) is 3. The Labute approximate surface area is 119 Å². The molecule has 0 saturated heterocycles. The highest BCUT2D eigenvalue weighted by Gasteiger charge is 2.17. The van der Waals surface area contributed by atoms with Crippen LogP contribution < -0.4 is 5.73 Å². The standard InChI is InChI=1S/C12H14BrClN4/c1-7-12(13)11(18(2)17-7)5-10(15)8-3-4-16-6-9(8)14/h3-4,6,10H,5,15H2,1-2H3. The lowest BCUT2D eigenvalue weighted by Crippen LogP contribution is -2.16. The van der Waals surface area contributed by atoms with Crippen LogP contribution >= 0.6 is 27.5 Å². The van der Waals surface area contributed by atoms with Gasteiger partial charge in [0.15, 0.2) is 0 Å². The normalized spacial score (nSPS) is 12.7. The second kappa shape index (κ2) is 5.38. The molecule has 0 saturated carbocycles. The van der Waals surface area contributed by atoms with Crippen molar-refractivity contribution >= 4 is 27.5 Å². The quantitative estimate of drug-likeness (QED) is 0.942. The van der Waals surface area contributed by atoms with Crippen molar-refractivity contribution in [3.63, 3.8) is 0 Å². The summed E-state index contributed by atoms with van der Waals surface area (Å²) in [6.07, 6.45) is 3.98. The van der Waals surface area contributed by atoms with Crippen molar-refractivity contribution in [1.82, 2.24) is 14.8 Å². The number of aryl methyl sites for hydroxylation is 2. The maximum Gasteiger partial charge on any atom is 0.0738 e. The fraction of sp³-hybridized carbons (Fsp3) is 0.333. The van der Waals surface area contributed by atoms with E-state index < -0.39 is 0 Å². The number of rotatable bonds is 3. The maximum atomic E-state index is 6.20. The monoisotopic (exact) mass is 328 g/mol. The van der Waals surface area contributed by atoms with E-state index in [1.54, 1.807) is 12.4 Å². The van der Waals surface area contributed by atoms with Crippen LogP contribution in [0.4, 0.5) is 0 Å². The molecule has 96 valence electrons. The molecule has 0 aliphatic heterocycles. The number of aromatic nitrogens is 3. The smallest absolute Gasteiger partial charge is 0.0738 e. The van der Waals surface area contributed by atoms with Gasteiger partial charge in [-0.05, 0) is 34.5 Å². The largest absolute Gasteiger partial charge is 0.324 e. The van der Waals surface area contributed by atoms with Gasteiger partial charge in [0.2, 0.25) is 0 Å². The molecular formula is C12H14BrClN4. The van der Waals surface area contributed by atoms with Gasteiger partial charge in [-0.15, -0.1) is 0 Å². The van der Waals surface area contributed by atoms with Gasteiger partial charge in [0, 0.05) is 31.9 Å². The van der Waals surface area contributed by atoms with E-state index in [0.717, 1.165) is 21.4 Å². The molecule has 0 aromatic carbocycles. The van der Waals surface area contributed by atoms with Gasteiger partial charge in [-0.1, -0.05) is 11.6 Å². The average Bonchev–Trinajstić information content (AvgIpc) is 2.56. The Morgan fingerprint density at radius 3 is 2.83 bits per heavy atom. The summed E-state index contributed by atoms with van der Waals surface area (Å²) in [7, 11) is 1.91. The molecule has 2 heterocycles. The molecule has 2 aromatic heterocycles. The zero-order valence-corrected chi connectivity index (χ0v) is 12.5. The van der Waals surface area contributed by atoms with E-state index in [0.29, 0.717) is 11.4 Å². The minimum atomic E-state index is -0.174. The first-order valence-corrected chi connectivity index (χ1v) is 6.70. The highest BCUT2D eigenvalue weighted by atomic mass is 79.9. The van der Waals surface area contributed by atoms with Crippen molar-refractivity contribution in [2.45, 2.75) is 19.4 Å². The second-order valence-corrected chi connectivity index (χ2v) is 5.38. The average molecular weight is 330 g/mol. The zero-order chi connectivity index (χ0) is 13.3. The Kier molecular flexibility index (Phi) is 4.04. The van der Waals surface area contributed by atoms with Crippen LogP contribution in [0.3, 0.4) is 0 Å². The molecule has 1 atom stereocenters. The van der Waals surface area contributed by atoms with Crippen LogP contribution in [0.25, 0.3) is 0 Å². The van der Waals surface area contributed by atoms with Crippen LogP contribution in [-0.4, -0.2) is 14.8 Å². The van der Waals surface area contributed by atoms with E-state index in [2.05, 4.69) is 26.0 Å². The van der Waals surface area contributed by atoms with Crippen LogP contribution in [0, 0.1) is 6.92 Å². The summed E-state index contributed by atoms with van der Waals surface area (Å²) in [4.78, 5) is 3.96. The highest BCUT2D eigenvalue weighted by Crippen LogP contribution is 2.27. The lowest BCUT2D eigenvalue weighted by atomic mass is 10.0. The molecule has 2 aromatic rings. The topological polar surface area (TPSA) is 56.7 Å². The number of hydrogen-bond donors (Lipinski definition) is 1. The van der Waals surface area contributed by atoms with Crippen LogP contribution in [-0.2, 0) is 13.5 Å². The van der Waals surface area contributed by atoms with E-state index in [1.165, 1.54) is 0 Å². The molecule has 2 N–H and O–H groups in total. The lowest BCUT2D eigenvalue weighted by molar-refractivity contribution is 0.638. The molecule has 0 spiro atoms. The summed E-state index contributed by atoms with van der Waals surface area (Å²) < 4.78 is 2.85. The molecule has 4 nitrogen and oxygen atoms in total. The van der Waals surface area contributed by atoms with Gasteiger partial charge in [0.1, 0.15) is 0 Å². The number of halogens is 2. The predicted octanol–water partition coefficient (Wildman–Crippen LogP) is 2.78. The molecule has 0 aliphatic rings. The molecule has 1 unspecified atom stereocenters. The Balaban J connectivity index is 2.27. The first kappa shape index (κ1) is 13.5. The third kappa shape index (κ3) is 2.58. The van der Waals surface area contributed by atoms with E-state index in [-0.39, 0.29) is 6.04 Å². The predicted molar refractivity (Wildman–Crippen MR) is 75.5 cm³/mol. The lowest BCUT2D eigenvalue weighted by Gasteiger charge is -2.13. The second-order valence-electron chi connectivity index (χ2n) is 4.18. The van der Waals surface area contributed by atoms with Gasteiger partial charge in [-0.2, -0.15) is 5.10 Å². The van der Waals surface area contributed by atoms with E-state index in [4.69, 9.17) is 17.3 Å². The molecule has 0 radical (unpaired) electrons. The van der Waals surface area contributed by atoms with Crippen molar-refractivity contribution in [3.8, 4) is 0 Å². The zero-order valence-electron chi connectivity index (χ0n) is 10.2. The van der Waals surface area contributed by atoms with Crippen LogP contribution in [0.15, 0.2) is 22.9 Å². The van der Waals surface area contributed by atoms with Gasteiger partial charge in [0.25, 0.3) is 0 Å². The van der Waals surface area contributed by atoms with Gasteiger partial charge in [-0.3, -0.25) is 9.67 Å². The molecule has 0 aliphatic carbocycles. The van der Waals surface area contributed by atoms with Crippen molar-refractivity contribution in [2.75, 3.05) is 0 Å². The third-order valence-electron chi connectivity index (χ3n) is 2.88. The summed E-state index contributed by atoms with van der Waals surface area (Å²) in [5, 5.41) is 4.95. The summed E-state index contributed by atoms with van der Waals surface area (Å²) in [6, 6.07) is 1.68.